The third kappa shape index (κ3) is 6.20. The van der Waals surface area contributed by atoms with E-state index in [0.717, 1.165) is 42.6 Å². The van der Waals surface area contributed by atoms with E-state index in [9.17, 15) is 9.59 Å². The molecule has 1 aliphatic carbocycles. The number of carbonyl (C=O) groups excluding carboxylic acids is 2. The highest BCUT2D eigenvalue weighted by molar-refractivity contribution is 7.07. The average Bonchev–Trinajstić information content (AvgIpc) is 3.70. The number of piperazine rings is 1. The summed E-state index contributed by atoms with van der Waals surface area (Å²) in [5.41, 5.74) is 5.00. The van der Waals surface area contributed by atoms with Crippen LogP contribution in [0.4, 0.5) is 0 Å². The highest BCUT2D eigenvalue weighted by atomic mass is 35.5. The monoisotopic (exact) mass is 611 g/mol. The van der Waals surface area contributed by atoms with E-state index in [1.807, 2.05) is 41.8 Å². The van der Waals surface area contributed by atoms with Crippen molar-refractivity contribution in [3.8, 4) is 0 Å². The van der Waals surface area contributed by atoms with E-state index in [4.69, 9.17) is 27.9 Å². The number of thiophene rings is 1. The lowest BCUT2D eigenvalue weighted by molar-refractivity contribution is -0.144. The van der Waals surface area contributed by atoms with Crippen molar-refractivity contribution in [2.45, 2.75) is 51.4 Å². The minimum absolute atomic E-state index is 0.0285. The molecule has 0 N–H and O–H groups in total. The molecule has 41 heavy (non-hydrogen) atoms. The lowest BCUT2D eigenvalue weighted by Crippen LogP contribution is -2.53. The highest BCUT2D eigenvalue weighted by Crippen LogP contribution is 2.40. The Morgan fingerprint density at radius 2 is 1.78 bits per heavy atom. The van der Waals surface area contributed by atoms with Gasteiger partial charge in [0.25, 0.3) is 5.91 Å². The van der Waals surface area contributed by atoms with E-state index in [2.05, 4.69) is 27.8 Å². The topological polar surface area (TPSA) is 53.1 Å². The summed E-state index contributed by atoms with van der Waals surface area (Å²) in [5.74, 6) is 0.376. The van der Waals surface area contributed by atoms with Crippen molar-refractivity contribution < 1.29 is 14.3 Å². The molecular weight excluding hydrogens is 577 g/mol. The van der Waals surface area contributed by atoms with Crippen molar-refractivity contribution in [2.75, 3.05) is 32.8 Å². The lowest BCUT2D eigenvalue weighted by Gasteiger charge is -2.42. The summed E-state index contributed by atoms with van der Waals surface area (Å²) in [7, 11) is 0. The van der Waals surface area contributed by atoms with E-state index in [1.165, 1.54) is 5.56 Å². The maximum Gasteiger partial charge on any atom is 0.254 e. The van der Waals surface area contributed by atoms with E-state index in [1.54, 1.807) is 23.5 Å². The van der Waals surface area contributed by atoms with Crippen LogP contribution in [0, 0.1) is 19.8 Å². The zero-order valence-corrected chi connectivity index (χ0v) is 25.7. The molecule has 9 heteroatoms. The predicted molar refractivity (Wildman–Crippen MR) is 164 cm³/mol. The van der Waals surface area contributed by atoms with Crippen molar-refractivity contribution >= 4 is 46.4 Å². The van der Waals surface area contributed by atoms with Gasteiger partial charge in [0.15, 0.2) is 0 Å². The molecule has 6 rings (SSSR count). The SMILES string of the molecule is Cc1cc(C)cc(C(=O)N2CCN(C(=O)CO[C@@H]3C[C@H]4C[C@H]3CN4Cc3ccsc3)[C@H](c3ccc(Cl)c(Cl)c3)C2)c1. The molecule has 2 bridgehead atoms. The fourth-order valence-corrected chi connectivity index (χ4v) is 7.79. The second-order valence-electron chi connectivity index (χ2n) is 11.7. The van der Waals surface area contributed by atoms with E-state index in [-0.39, 0.29) is 30.6 Å². The Morgan fingerprint density at radius 1 is 0.976 bits per heavy atom. The van der Waals surface area contributed by atoms with Gasteiger partial charge in [-0.15, -0.1) is 0 Å². The number of ether oxygens (including phenoxy) is 1. The second kappa shape index (κ2) is 12.1. The van der Waals surface area contributed by atoms with Crippen LogP contribution in [0.3, 0.4) is 0 Å². The number of hydrogen-bond donors (Lipinski definition) is 0. The molecule has 3 heterocycles. The van der Waals surface area contributed by atoms with Gasteiger partial charge >= 0.3 is 0 Å². The molecule has 3 fully saturated rings. The van der Waals surface area contributed by atoms with Crippen LogP contribution in [-0.2, 0) is 16.1 Å². The minimum Gasteiger partial charge on any atom is -0.368 e. The van der Waals surface area contributed by atoms with Crippen LogP contribution in [0.15, 0.2) is 53.2 Å². The first-order chi connectivity index (χ1) is 19.7. The Labute approximate surface area is 255 Å². The molecule has 2 aliphatic heterocycles. The molecule has 1 saturated carbocycles. The summed E-state index contributed by atoms with van der Waals surface area (Å²) in [5, 5.41) is 5.24. The average molecular weight is 613 g/mol. The molecule has 2 saturated heterocycles. The maximum absolute atomic E-state index is 13.6. The van der Waals surface area contributed by atoms with Crippen LogP contribution in [-0.4, -0.2) is 71.4 Å². The number of fused-ring (bicyclic) bond motifs is 2. The smallest absolute Gasteiger partial charge is 0.254 e. The van der Waals surface area contributed by atoms with Crippen LogP contribution in [0.2, 0.25) is 10.0 Å². The summed E-state index contributed by atoms with van der Waals surface area (Å²) in [6.45, 7) is 7.31. The molecule has 0 spiro atoms. The molecule has 1 aromatic heterocycles. The van der Waals surface area contributed by atoms with Gasteiger partial charge in [-0.1, -0.05) is 46.5 Å². The van der Waals surface area contributed by atoms with Crippen molar-refractivity contribution in [2.24, 2.45) is 5.92 Å². The molecular formula is C32H35Cl2N3O3S. The summed E-state index contributed by atoms with van der Waals surface area (Å²) in [6.07, 6.45) is 2.21. The minimum atomic E-state index is -0.342. The number of piperidine rings is 1. The molecule has 2 aromatic carbocycles. The van der Waals surface area contributed by atoms with Crippen LogP contribution in [0.5, 0.6) is 0 Å². The molecule has 3 aromatic rings. The first-order valence-electron chi connectivity index (χ1n) is 14.2. The van der Waals surface area contributed by atoms with Crippen LogP contribution in [0.1, 0.15) is 51.5 Å². The zero-order chi connectivity index (χ0) is 28.7. The maximum atomic E-state index is 13.6. The van der Waals surface area contributed by atoms with Gasteiger partial charge < -0.3 is 14.5 Å². The van der Waals surface area contributed by atoms with Crippen molar-refractivity contribution in [3.63, 3.8) is 0 Å². The number of aryl methyl sites for hydroxylation is 2. The Bertz CT molecular complexity index is 1410. The standard InChI is InChI=1S/C32H35Cl2N3O3S/c1-20-9-21(2)11-24(10-20)32(39)35-6-7-37(29(17-35)23-3-4-27(33)28(34)13-23)31(38)18-40-30-14-26-12-25(30)16-36(26)15-22-5-8-41-19-22/h3-5,8-11,13,19,25-26,29-30H,6-7,12,14-18H2,1-2H3/t25-,26+,29-,30+/m0/s1. The molecule has 4 atom stereocenters. The summed E-state index contributed by atoms with van der Waals surface area (Å²) in [4.78, 5) is 33.4. The van der Waals surface area contributed by atoms with Gasteiger partial charge in [0.1, 0.15) is 6.61 Å². The highest BCUT2D eigenvalue weighted by Gasteiger charge is 2.45. The molecule has 2 amide bonds. The zero-order valence-electron chi connectivity index (χ0n) is 23.4. The number of benzene rings is 2. The normalized spacial score (nSPS) is 24.3. The first kappa shape index (κ1) is 28.7. The lowest BCUT2D eigenvalue weighted by atomic mass is 10.0. The second-order valence-corrected chi connectivity index (χ2v) is 13.3. The van der Waals surface area contributed by atoms with Crippen LogP contribution in [0.25, 0.3) is 0 Å². The van der Waals surface area contributed by atoms with Crippen molar-refractivity contribution in [1.29, 1.82) is 0 Å². The summed E-state index contributed by atoms with van der Waals surface area (Å²) >= 11 is 14.3. The van der Waals surface area contributed by atoms with Gasteiger partial charge in [-0.2, -0.15) is 11.3 Å². The van der Waals surface area contributed by atoms with E-state index in [0.29, 0.717) is 47.2 Å². The molecule has 3 aliphatic rings. The number of likely N-dealkylation sites (tertiary alicyclic amines) is 1. The number of hydrogen-bond acceptors (Lipinski definition) is 5. The number of rotatable bonds is 7. The first-order valence-corrected chi connectivity index (χ1v) is 15.9. The number of halogens is 2. The summed E-state index contributed by atoms with van der Waals surface area (Å²) in [6, 6.07) is 13.7. The van der Waals surface area contributed by atoms with Crippen LogP contribution < -0.4 is 0 Å². The van der Waals surface area contributed by atoms with Gasteiger partial charge in [0, 0.05) is 44.3 Å². The number of amides is 2. The van der Waals surface area contributed by atoms with E-state index < -0.39 is 0 Å². The summed E-state index contributed by atoms with van der Waals surface area (Å²) < 4.78 is 6.29. The van der Waals surface area contributed by atoms with Crippen LogP contribution >= 0.6 is 34.5 Å². The number of carbonyl (C=O) groups is 2. The molecule has 216 valence electrons. The van der Waals surface area contributed by atoms with Gasteiger partial charge in [-0.3, -0.25) is 14.5 Å². The molecule has 6 nitrogen and oxygen atoms in total. The third-order valence-electron chi connectivity index (χ3n) is 8.76. The van der Waals surface area contributed by atoms with Crippen molar-refractivity contribution in [3.05, 3.63) is 91.1 Å². The van der Waals surface area contributed by atoms with E-state index >= 15 is 0 Å². The van der Waals surface area contributed by atoms with Gasteiger partial charge in [0.2, 0.25) is 5.91 Å². The Balaban J connectivity index is 1.12. The largest absolute Gasteiger partial charge is 0.368 e. The van der Waals surface area contributed by atoms with Gasteiger partial charge in [-0.05, 0) is 84.8 Å². The quantitative estimate of drug-likeness (QED) is 0.311. The Hall–Kier alpha value is -2.42. The number of nitrogens with zero attached hydrogens (tertiary/aromatic N) is 3. The Morgan fingerprint density at radius 3 is 2.46 bits per heavy atom. The Kier molecular flexibility index (Phi) is 8.44. The third-order valence-corrected chi connectivity index (χ3v) is 10.2. The fourth-order valence-electron chi connectivity index (χ4n) is 6.83. The predicted octanol–water partition coefficient (Wildman–Crippen LogP) is 6.38. The van der Waals surface area contributed by atoms with Gasteiger partial charge in [0.05, 0.1) is 22.2 Å². The molecule has 0 unspecified atom stereocenters. The fraction of sp³-hybridized carbons (Fsp3) is 0.438. The van der Waals surface area contributed by atoms with Gasteiger partial charge in [-0.25, -0.2) is 0 Å². The molecule has 0 radical (unpaired) electrons. The van der Waals surface area contributed by atoms with Crippen molar-refractivity contribution in [1.82, 2.24) is 14.7 Å².